The predicted octanol–water partition coefficient (Wildman–Crippen LogP) is 5.22. The molecule has 0 nitrogen and oxygen atoms in total. The summed E-state index contributed by atoms with van der Waals surface area (Å²) >= 11 is 8.96. The molecule has 0 heterocycles. The molecule has 0 aromatic heterocycles. The summed E-state index contributed by atoms with van der Waals surface area (Å²) in [5.74, 6) is 0. The molecule has 0 aliphatic carbocycles. The Hall–Kier alpha value is -1.01. The fourth-order valence-corrected chi connectivity index (χ4v) is 1.93. The van der Waals surface area contributed by atoms with Gasteiger partial charge in [0.15, 0.2) is 0 Å². The average Bonchev–Trinajstić information content (AvgIpc) is 2.37. The van der Waals surface area contributed by atoms with Crippen LogP contribution in [0.1, 0.15) is 11.1 Å². The van der Waals surface area contributed by atoms with E-state index in [2.05, 4.69) is 25.3 Å². The first kappa shape index (κ1) is 22.0. The molecule has 0 fully saturated rings. The third-order valence-corrected chi connectivity index (χ3v) is 3.10. The fourth-order valence-electron chi connectivity index (χ4n) is 1.40. The Bertz CT molecular complexity index is 570. The van der Waals surface area contributed by atoms with Crippen molar-refractivity contribution >= 4 is 25.3 Å². The molecule has 0 saturated carbocycles. The number of alkyl halides is 6. The van der Waals surface area contributed by atoms with Gasteiger partial charge >= 0.3 is 29.7 Å². The molecule has 0 radical (unpaired) electrons. The Morgan fingerprint density at radius 2 is 0.826 bits per heavy atom. The van der Waals surface area contributed by atoms with E-state index in [9.17, 15) is 26.3 Å². The normalized spacial score (nSPS) is 11.0. The Morgan fingerprint density at radius 3 is 1.00 bits per heavy atom. The van der Waals surface area contributed by atoms with Crippen LogP contribution in [0.15, 0.2) is 58.3 Å². The van der Waals surface area contributed by atoms with Crippen molar-refractivity contribution in [3.63, 3.8) is 0 Å². The van der Waals surface area contributed by atoms with E-state index in [1.165, 1.54) is 36.4 Å². The van der Waals surface area contributed by atoms with Crippen molar-refractivity contribution in [2.45, 2.75) is 22.1 Å². The number of hydrogen-bond donors (Lipinski definition) is 0. The molecule has 0 N–H and O–H groups in total. The third kappa shape index (κ3) is 6.96. The van der Waals surface area contributed by atoms with Crippen molar-refractivity contribution in [3.8, 4) is 0 Å². The van der Waals surface area contributed by atoms with Crippen molar-refractivity contribution in [1.82, 2.24) is 0 Å². The van der Waals surface area contributed by atoms with Crippen molar-refractivity contribution in [2.24, 2.45) is 0 Å². The smallest absolute Gasteiger partial charge is 0.779 e. The molecule has 0 amide bonds. The second-order valence-corrected chi connectivity index (χ2v) is 4.87. The Morgan fingerprint density at radius 1 is 0.565 bits per heavy atom. The van der Waals surface area contributed by atoms with E-state index in [-0.39, 0.29) is 27.2 Å². The summed E-state index contributed by atoms with van der Waals surface area (Å²) in [6.45, 7) is 0. The molecule has 9 heteroatoms. The number of halogens is 6. The molecule has 124 valence electrons. The van der Waals surface area contributed by atoms with Gasteiger partial charge in [-0.25, -0.2) is 0 Å². The molecule has 0 atom stereocenters. The third-order valence-electron chi connectivity index (χ3n) is 2.38. The molecule has 2 aromatic rings. The van der Waals surface area contributed by atoms with Gasteiger partial charge in [0.1, 0.15) is 0 Å². The van der Waals surface area contributed by atoms with Crippen LogP contribution in [0.5, 0.6) is 0 Å². The van der Waals surface area contributed by atoms with Crippen LogP contribution in [0, 0.1) is 0 Å². The molecule has 0 bridgehead atoms. The van der Waals surface area contributed by atoms with Crippen molar-refractivity contribution in [3.05, 3.63) is 59.7 Å². The maximum Gasteiger partial charge on any atom is 2.00 e. The maximum atomic E-state index is 12.0. The van der Waals surface area contributed by atoms with Crippen LogP contribution in [0.25, 0.3) is 0 Å². The molecule has 0 spiro atoms. The van der Waals surface area contributed by atoms with Gasteiger partial charge < -0.3 is 25.3 Å². The first-order chi connectivity index (χ1) is 10.0. The average molecular weight is 406 g/mol. The van der Waals surface area contributed by atoms with Gasteiger partial charge in [0.25, 0.3) is 0 Å². The topological polar surface area (TPSA) is 0 Å². The molecule has 0 unspecified atom stereocenters. The van der Waals surface area contributed by atoms with Gasteiger partial charge in [-0.3, -0.25) is 0 Å². The van der Waals surface area contributed by atoms with Gasteiger partial charge in [0.05, 0.1) is 0 Å². The van der Waals surface area contributed by atoms with Gasteiger partial charge in [0.2, 0.25) is 0 Å². The Labute approximate surface area is 150 Å². The van der Waals surface area contributed by atoms with Gasteiger partial charge in [0, 0.05) is 11.1 Å². The molecule has 0 aliphatic heterocycles. The Balaban J connectivity index is 0.000000403. The molecular formula is C14H8CrF6S2. The minimum atomic E-state index is -4.32. The first-order valence-corrected chi connectivity index (χ1v) is 6.51. The van der Waals surface area contributed by atoms with E-state index in [1.807, 2.05) is 0 Å². The second-order valence-electron chi connectivity index (χ2n) is 3.99. The van der Waals surface area contributed by atoms with Crippen molar-refractivity contribution < 1.29 is 43.7 Å². The summed E-state index contributed by atoms with van der Waals surface area (Å²) in [6.07, 6.45) is -8.64. The summed E-state index contributed by atoms with van der Waals surface area (Å²) in [5.41, 5.74) is -1.48. The second kappa shape index (κ2) is 8.74. The zero-order valence-corrected chi connectivity index (χ0v) is 14.0. The summed E-state index contributed by atoms with van der Waals surface area (Å²) in [4.78, 5) is -0.306. The molecular weight excluding hydrogens is 398 g/mol. The summed E-state index contributed by atoms with van der Waals surface area (Å²) in [5, 5.41) is 0. The monoisotopic (exact) mass is 406 g/mol. The van der Waals surface area contributed by atoms with Crippen LogP contribution in [0.2, 0.25) is 0 Å². The van der Waals surface area contributed by atoms with Crippen molar-refractivity contribution in [2.75, 3.05) is 0 Å². The standard InChI is InChI=1S/2C7H5F3S.Cr/c2*8-7(9,10)5-3-1-2-4-6(5)11;/h2*1-4,11H;/q;;+2/p-2. The number of rotatable bonds is 0. The van der Waals surface area contributed by atoms with Crippen LogP contribution < -0.4 is 0 Å². The zero-order valence-electron chi connectivity index (χ0n) is 11.1. The predicted molar refractivity (Wildman–Crippen MR) is 74.2 cm³/mol. The van der Waals surface area contributed by atoms with Crippen LogP contribution >= 0.6 is 0 Å². The summed E-state index contributed by atoms with van der Waals surface area (Å²) in [7, 11) is 0. The van der Waals surface area contributed by atoms with Gasteiger partial charge in [-0.15, -0.1) is 0 Å². The Kier molecular flexibility index (Phi) is 8.35. The van der Waals surface area contributed by atoms with E-state index in [4.69, 9.17) is 0 Å². The first-order valence-electron chi connectivity index (χ1n) is 5.70. The maximum absolute atomic E-state index is 12.0. The van der Waals surface area contributed by atoms with E-state index in [1.54, 1.807) is 0 Å². The van der Waals surface area contributed by atoms with Crippen molar-refractivity contribution in [1.29, 1.82) is 0 Å². The van der Waals surface area contributed by atoms with E-state index < -0.39 is 23.5 Å². The van der Waals surface area contributed by atoms with Crippen LogP contribution in [0.3, 0.4) is 0 Å². The largest absolute Gasteiger partial charge is 2.00 e. The van der Waals surface area contributed by atoms with Crippen LogP contribution in [-0.2, 0) is 55.0 Å². The van der Waals surface area contributed by atoms with Gasteiger partial charge in [-0.1, -0.05) is 48.5 Å². The summed E-state index contributed by atoms with van der Waals surface area (Å²) in [6, 6.07) is 10.1. The molecule has 2 rings (SSSR count). The molecule has 0 saturated heterocycles. The fraction of sp³-hybridized carbons (Fsp3) is 0.143. The van der Waals surface area contributed by atoms with E-state index in [0.717, 1.165) is 12.1 Å². The summed E-state index contributed by atoms with van der Waals surface area (Å²) < 4.78 is 71.9. The van der Waals surface area contributed by atoms with Gasteiger partial charge in [-0.05, 0) is 0 Å². The zero-order chi connectivity index (χ0) is 17.0. The minimum absolute atomic E-state index is 0. The van der Waals surface area contributed by atoms with Crippen LogP contribution in [0.4, 0.5) is 26.3 Å². The number of hydrogen-bond acceptors (Lipinski definition) is 2. The quantitative estimate of drug-likeness (QED) is 0.435. The number of benzene rings is 2. The molecule has 2 aromatic carbocycles. The van der Waals surface area contributed by atoms with E-state index >= 15 is 0 Å². The van der Waals surface area contributed by atoms with E-state index in [0.29, 0.717) is 0 Å². The van der Waals surface area contributed by atoms with Crippen LogP contribution in [-0.4, -0.2) is 0 Å². The van der Waals surface area contributed by atoms with Gasteiger partial charge in [-0.2, -0.15) is 36.1 Å². The molecule has 23 heavy (non-hydrogen) atoms. The minimum Gasteiger partial charge on any atom is -0.779 e. The molecule has 0 aliphatic rings. The SMILES string of the molecule is FC(F)(F)c1ccccc1[S-].FC(F)(F)c1ccccc1[S-].[Cr+2].